The first-order chi connectivity index (χ1) is 14.6. The summed E-state index contributed by atoms with van der Waals surface area (Å²) in [6, 6.07) is 8.94. The van der Waals surface area contributed by atoms with Gasteiger partial charge in [-0.15, -0.1) is 0 Å². The first-order valence-corrected chi connectivity index (χ1v) is 10.4. The van der Waals surface area contributed by atoms with Gasteiger partial charge in [0.05, 0.1) is 11.7 Å². The molecule has 1 atom stereocenters. The highest BCUT2D eigenvalue weighted by atomic mass is 16.6. The van der Waals surface area contributed by atoms with Crippen molar-refractivity contribution in [2.45, 2.75) is 59.6 Å². The number of hydrogen-bond acceptors (Lipinski definition) is 4. The number of H-pyrrole nitrogens is 1. The number of nitrogens with one attached hydrogen (secondary N) is 3. The zero-order valence-electron chi connectivity index (χ0n) is 19.6. The minimum atomic E-state index is -0.616. The van der Waals surface area contributed by atoms with Crippen molar-refractivity contribution in [3.8, 4) is 0 Å². The normalized spacial score (nSPS) is 11.5. The molecule has 0 saturated carbocycles. The molecule has 3 amide bonds. The molecule has 1 aromatic heterocycles. The average molecular weight is 430 g/mol. The Hall–Kier alpha value is -3.29. The number of urea groups is 1. The van der Waals surface area contributed by atoms with Gasteiger partial charge in [-0.1, -0.05) is 50.8 Å². The maximum atomic E-state index is 12.4. The average Bonchev–Trinajstić information content (AvgIpc) is 3.09. The zero-order chi connectivity index (χ0) is 23.6. The Morgan fingerprint density at radius 3 is 2.42 bits per heavy atom. The summed E-state index contributed by atoms with van der Waals surface area (Å²) >= 11 is 0. The van der Waals surface area contributed by atoms with Crippen molar-refractivity contribution in [3.63, 3.8) is 0 Å². The molecule has 1 aromatic carbocycles. The Labute approximate surface area is 185 Å². The number of aromatic amines is 1. The van der Waals surface area contributed by atoms with E-state index in [1.165, 1.54) is 11.1 Å². The molecule has 0 bridgehead atoms. The Kier molecular flexibility index (Phi) is 9.79. The minimum absolute atomic E-state index is 0.360. The van der Waals surface area contributed by atoms with E-state index in [1.54, 1.807) is 27.8 Å². The van der Waals surface area contributed by atoms with E-state index in [2.05, 4.69) is 27.2 Å². The Morgan fingerprint density at radius 1 is 1.26 bits per heavy atom. The van der Waals surface area contributed by atoms with Crippen molar-refractivity contribution < 1.29 is 14.3 Å². The molecule has 2 rings (SSSR count). The van der Waals surface area contributed by atoms with E-state index in [0.29, 0.717) is 23.8 Å². The molecule has 0 radical (unpaired) electrons. The number of hydrogen-bond donors (Lipinski definition) is 3. The number of carbonyl (C=O) groups is 2. The summed E-state index contributed by atoms with van der Waals surface area (Å²) in [6.45, 7) is 14.7. The molecule has 0 saturated heterocycles. The number of imidazole rings is 1. The Morgan fingerprint density at radius 2 is 1.87 bits per heavy atom. The summed E-state index contributed by atoms with van der Waals surface area (Å²) in [6.07, 6.45) is 1.28. The van der Waals surface area contributed by atoms with Crippen molar-refractivity contribution in [3.05, 3.63) is 60.2 Å². The lowest BCUT2D eigenvalue weighted by molar-refractivity contribution is 0.0501. The topological polar surface area (TPSA) is 99.4 Å². The molecule has 8 heteroatoms. The second kappa shape index (κ2) is 11.8. The molecular formula is C23H35N5O3. The summed E-state index contributed by atoms with van der Waals surface area (Å²) in [7, 11) is 1.61. The van der Waals surface area contributed by atoms with Crippen LogP contribution in [0.3, 0.4) is 0 Å². The number of ether oxygens (including phenoxy) is 1. The van der Waals surface area contributed by atoms with Crippen LogP contribution in [0.15, 0.2) is 43.1 Å². The van der Waals surface area contributed by atoms with Crippen LogP contribution < -0.4 is 15.5 Å². The third-order valence-corrected chi connectivity index (χ3v) is 4.03. The van der Waals surface area contributed by atoms with Crippen LogP contribution in [0.5, 0.6) is 0 Å². The van der Waals surface area contributed by atoms with Crippen LogP contribution in [0.4, 0.5) is 15.4 Å². The van der Waals surface area contributed by atoms with E-state index < -0.39 is 17.7 Å². The van der Waals surface area contributed by atoms with Gasteiger partial charge in [0, 0.05) is 13.5 Å². The summed E-state index contributed by atoms with van der Waals surface area (Å²) < 4.78 is 5.40. The van der Waals surface area contributed by atoms with Gasteiger partial charge in [-0.25, -0.2) is 14.6 Å². The molecule has 0 spiro atoms. The predicted octanol–water partition coefficient (Wildman–Crippen LogP) is 4.84. The third-order valence-electron chi connectivity index (χ3n) is 4.03. The third kappa shape index (κ3) is 8.16. The molecule has 1 heterocycles. The molecule has 8 nitrogen and oxygen atoms in total. The fourth-order valence-electron chi connectivity index (χ4n) is 2.76. The predicted molar refractivity (Wildman–Crippen MR) is 124 cm³/mol. The highest BCUT2D eigenvalue weighted by Crippen LogP contribution is 2.23. The number of alkyl carbamates (subject to hydrolysis) is 1. The van der Waals surface area contributed by atoms with Crippen molar-refractivity contribution in [1.29, 1.82) is 0 Å². The van der Waals surface area contributed by atoms with E-state index in [-0.39, 0.29) is 6.03 Å². The highest BCUT2D eigenvalue weighted by molar-refractivity contribution is 5.91. The number of benzene rings is 1. The lowest BCUT2D eigenvalue weighted by Crippen LogP contribution is -2.36. The van der Waals surface area contributed by atoms with Crippen LogP contribution in [0, 0.1) is 6.92 Å². The first-order valence-electron chi connectivity index (χ1n) is 10.4. The maximum absolute atomic E-state index is 12.4. The lowest BCUT2D eigenvalue weighted by Gasteiger charge is -2.23. The second-order valence-electron chi connectivity index (χ2n) is 7.67. The quantitative estimate of drug-likeness (QED) is 0.612. The largest absolute Gasteiger partial charge is 0.444 e. The standard InChI is InChI=1S/C21H29N5O3.C2H6/c1-7-22-19(27)26(6)18-14(2)23-17(25-18)16(13-15-11-9-8-10-12-15)24-20(28)29-21(3,4)5;1-2/h7-12,16H,1,13H2,2-6H3,(H,22,27)(H,23,25)(H,24,28);1-2H3. The van der Waals surface area contributed by atoms with Gasteiger partial charge >= 0.3 is 12.1 Å². The molecule has 0 aliphatic heterocycles. The van der Waals surface area contributed by atoms with Gasteiger partial charge < -0.3 is 20.4 Å². The molecule has 0 aliphatic carbocycles. The minimum Gasteiger partial charge on any atom is -0.444 e. The van der Waals surface area contributed by atoms with Crippen molar-refractivity contribution >= 4 is 17.9 Å². The van der Waals surface area contributed by atoms with E-state index >= 15 is 0 Å². The molecule has 0 aliphatic rings. The van der Waals surface area contributed by atoms with Gasteiger partial charge in [-0.3, -0.25) is 4.90 Å². The molecule has 3 N–H and O–H groups in total. The fourth-order valence-corrected chi connectivity index (χ4v) is 2.76. The van der Waals surface area contributed by atoms with Gasteiger partial charge in [0.25, 0.3) is 0 Å². The van der Waals surface area contributed by atoms with Gasteiger partial charge in [0.1, 0.15) is 11.4 Å². The van der Waals surface area contributed by atoms with Gasteiger partial charge in [-0.2, -0.15) is 0 Å². The first kappa shape index (κ1) is 25.7. The number of anilines is 1. The smallest absolute Gasteiger partial charge is 0.408 e. The summed E-state index contributed by atoms with van der Waals surface area (Å²) in [5.41, 5.74) is 1.11. The molecule has 170 valence electrons. The fraction of sp³-hybridized carbons (Fsp3) is 0.435. The van der Waals surface area contributed by atoms with Crippen molar-refractivity contribution in [2.24, 2.45) is 0 Å². The zero-order valence-corrected chi connectivity index (χ0v) is 19.6. The van der Waals surface area contributed by atoms with E-state index in [0.717, 1.165) is 5.56 Å². The van der Waals surface area contributed by atoms with Gasteiger partial charge in [0.15, 0.2) is 5.82 Å². The summed E-state index contributed by atoms with van der Waals surface area (Å²) in [5, 5.41) is 5.40. The van der Waals surface area contributed by atoms with Crippen molar-refractivity contribution in [2.75, 3.05) is 11.9 Å². The monoisotopic (exact) mass is 429 g/mol. The number of aryl methyl sites for hydroxylation is 1. The van der Waals surface area contributed by atoms with Crippen LogP contribution in [-0.4, -0.2) is 34.7 Å². The highest BCUT2D eigenvalue weighted by Gasteiger charge is 2.25. The van der Waals surface area contributed by atoms with E-state index in [1.807, 2.05) is 51.1 Å². The molecule has 2 aromatic rings. The maximum Gasteiger partial charge on any atom is 0.408 e. The van der Waals surface area contributed by atoms with E-state index in [4.69, 9.17) is 4.74 Å². The van der Waals surface area contributed by atoms with Crippen LogP contribution in [-0.2, 0) is 11.2 Å². The molecule has 0 fully saturated rings. The van der Waals surface area contributed by atoms with E-state index in [9.17, 15) is 9.59 Å². The molecule has 1 unspecified atom stereocenters. The van der Waals surface area contributed by atoms with Crippen LogP contribution in [0.25, 0.3) is 0 Å². The number of carbonyl (C=O) groups excluding carboxylic acids is 2. The Bertz CT molecular complexity index is 856. The SMILES string of the molecule is C=CNC(=O)N(C)c1nc(C(Cc2ccccc2)NC(=O)OC(C)(C)C)[nH]c1C.CC. The lowest BCUT2D eigenvalue weighted by atomic mass is 10.1. The number of rotatable bonds is 6. The second-order valence-corrected chi connectivity index (χ2v) is 7.67. The number of aromatic nitrogens is 2. The molecule has 31 heavy (non-hydrogen) atoms. The number of nitrogens with zero attached hydrogens (tertiary/aromatic N) is 2. The van der Waals surface area contributed by atoms with Gasteiger partial charge in [-0.05, 0) is 39.5 Å². The number of amides is 3. The Balaban J connectivity index is 0.00000233. The van der Waals surface area contributed by atoms with Crippen LogP contribution in [0.2, 0.25) is 0 Å². The molecular weight excluding hydrogens is 394 g/mol. The van der Waals surface area contributed by atoms with Crippen LogP contribution in [0.1, 0.15) is 57.7 Å². The summed E-state index contributed by atoms with van der Waals surface area (Å²) in [5.74, 6) is 0.994. The van der Waals surface area contributed by atoms with Gasteiger partial charge in [0.2, 0.25) is 0 Å². The summed E-state index contributed by atoms with van der Waals surface area (Å²) in [4.78, 5) is 33.6. The van der Waals surface area contributed by atoms with Crippen molar-refractivity contribution in [1.82, 2.24) is 20.6 Å². The van der Waals surface area contributed by atoms with Crippen LogP contribution >= 0.6 is 0 Å².